The van der Waals surface area contributed by atoms with E-state index in [9.17, 15) is 21.6 Å². The lowest BCUT2D eigenvalue weighted by atomic mass is 10.2. The summed E-state index contributed by atoms with van der Waals surface area (Å²) in [6.07, 6.45) is 0. The fraction of sp³-hybridized carbons (Fsp3) is 0.350. The SMILES string of the molecule is CCNS(=O)(=O)c1ccc(C(=O)Nc2cc(S(=O)(=O)N3CCOCC3)ccc2OC)cc1. The fourth-order valence-corrected chi connectivity index (χ4v) is 5.61. The zero-order chi connectivity index (χ0) is 23.4. The predicted octanol–water partition coefficient (Wildman–Crippen LogP) is 1.27. The molecule has 1 heterocycles. The fourth-order valence-electron chi connectivity index (χ4n) is 3.13. The maximum atomic E-state index is 12.9. The lowest BCUT2D eigenvalue weighted by Crippen LogP contribution is -2.40. The molecule has 2 N–H and O–H groups in total. The van der Waals surface area contributed by atoms with Gasteiger partial charge in [-0.2, -0.15) is 4.31 Å². The van der Waals surface area contributed by atoms with E-state index in [0.29, 0.717) is 13.2 Å². The molecule has 3 rings (SSSR count). The highest BCUT2D eigenvalue weighted by Crippen LogP contribution is 2.29. The van der Waals surface area contributed by atoms with Crippen LogP contribution in [0.25, 0.3) is 0 Å². The maximum Gasteiger partial charge on any atom is 0.255 e. The number of anilines is 1. The second-order valence-corrected chi connectivity index (χ2v) is 10.6. The Bertz CT molecular complexity index is 1170. The molecule has 32 heavy (non-hydrogen) atoms. The summed E-state index contributed by atoms with van der Waals surface area (Å²) in [5.41, 5.74) is 0.375. The molecule has 0 spiro atoms. The van der Waals surface area contributed by atoms with E-state index in [2.05, 4.69) is 10.0 Å². The Morgan fingerprint density at radius 2 is 1.66 bits per heavy atom. The minimum absolute atomic E-state index is 0.0163. The van der Waals surface area contributed by atoms with Gasteiger partial charge in [0.15, 0.2) is 0 Å². The molecule has 10 nitrogen and oxygen atoms in total. The first-order valence-electron chi connectivity index (χ1n) is 9.86. The van der Waals surface area contributed by atoms with Gasteiger partial charge in [0.05, 0.1) is 35.8 Å². The molecule has 1 saturated heterocycles. The molecule has 2 aromatic rings. The minimum atomic E-state index is -3.76. The van der Waals surface area contributed by atoms with E-state index in [1.807, 2.05) is 0 Å². The number of methoxy groups -OCH3 is 1. The number of carbonyl (C=O) groups is 1. The number of carbonyl (C=O) groups excluding carboxylic acids is 1. The first-order valence-corrected chi connectivity index (χ1v) is 12.8. The molecule has 0 atom stereocenters. The normalized spacial score (nSPS) is 15.3. The molecule has 0 unspecified atom stereocenters. The van der Waals surface area contributed by atoms with E-state index in [0.717, 1.165) is 0 Å². The van der Waals surface area contributed by atoms with Crippen molar-refractivity contribution in [2.75, 3.05) is 45.3 Å². The standard InChI is InChI=1S/C20H25N3O7S2/c1-3-21-31(25,26)16-6-4-15(5-7-16)20(24)22-18-14-17(8-9-19(18)29-2)32(27,28)23-10-12-30-13-11-23/h4-9,14,21H,3,10-13H2,1-2H3,(H,22,24). The van der Waals surface area contributed by atoms with Crippen molar-refractivity contribution in [2.45, 2.75) is 16.7 Å². The van der Waals surface area contributed by atoms with E-state index in [4.69, 9.17) is 9.47 Å². The van der Waals surface area contributed by atoms with E-state index < -0.39 is 26.0 Å². The van der Waals surface area contributed by atoms with E-state index >= 15 is 0 Å². The van der Waals surface area contributed by atoms with Crippen LogP contribution in [0.1, 0.15) is 17.3 Å². The first-order chi connectivity index (χ1) is 15.2. The highest BCUT2D eigenvalue weighted by molar-refractivity contribution is 7.89. The molecule has 0 aromatic heterocycles. The molecular formula is C20H25N3O7S2. The summed E-state index contributed by atoms with van der Waals surface area (Å²) in [4.78, 5) is 12.8. The topological polar surface area (TPSA) is 131 Å². The lowest BCUT2D eigenvalue weighted by molar-refractivity contribution is 0.0730. The monoisotopic (exact) mass is 483 g/mol. The summed E-state index contributed by atoms with van der Waals surface area (Å²) < 4.78 is 64.1. The van der Waals surface area contributed by atoms with Crippen molar-refractivity contribution >= 4 is 31.6 Å². The zero-order valence-electron chi connectivity index (χ0n) is 17.7. The third-order valence-electron chi connectivity index (χ3n) is 4.79. The van der Waals surface area contributed by atoms with Crippen LogP contribution >= 0.6 is 0 Å². The Labute approximate surface area is 187 Å². The quantitative estimate of drug-likeness (QED) is 0.578. The highest BCUT2D eigenvalue weighted by atomic mass is 32.2. The largest absolute Gasteiger partial charge is 0.495 e. The first kappa shape index (κ1) is 24.1. The third kappa shape index (κ3) is 5.27. The Morgan fingerprint density at radius 1 is 1.03 bits per heavy atom. The molecule has 1 aliphatic rings. The Kier molecular flexibility index (Phi) is 7.51. The van der Waals surface area contributed by atoms with Gasteiger partial charge in [0.1, 0.15) is 5.75 Å². The summed E-state index contributed by atoms with van der Waals surface area (Å²) in [5.74, 6) is -0.262. The van der Waals surface area contributed by atoms with Gasteiger partial charge in [-0.1, -0.05) is 6.92 Å². The van der Waals surface area contributed by atoms with Gasteiger partial charge >= 0.3 is 0 Å². The van der Waals surface area contributed by atoms with Crippen LogP contribution in [0, 0.1) is 0 Å². The molecule has 0 bridgehead atoms. The molecule has 0 radical (unpaired) electrons. The van der Waals surface area contributed by atoms with Gasteiger partial charge in [0.25, 0.3) is 5.91 Å². The summed E-state index contributed by atoms with van der Waals surface area (Å²) in [6.45, 7) is 3.04. The van der Waals surface area contributed by atoms with Crippen molar-refractivity contribution in [3.8, 4) is 5.75 Å². The van der Waals surface area contributed by atoms with Gasteiger partial charge in [-0.05, 0) is 42.5 Å². The smallest absolute Gasteiger partial charge is 0.255 e. The molecule has 174 valence electrons. The Balaban J connectivity index is 1.84. The maximum absolute atomic E-state index is 12.9. The molecular weight excluding hydrogens is 458 g/mol. The summed E-state index contributed by atoms with van der Waals surface area (Å²) in [5, 5.41) is 2.64. The second-order valence-electron chi connectivity index (χ2n) is 6.86. The molecule has 1 amide bonds. The number of sulfonamides is 2. The summed E-state index contributed by atoms with van der Waals surface area (Å²) in [6, 6.07) is 9.62. The van der Waals surface area contributed by atoms with Crippen molar-refractivity contribution in [1.82, 2.24) is 9.03 Å². The number of benzene rings is 2. The summed E-state index contributed by atoms with van der Waals surface area (Å²) in [7, 11) is -6.00. The molecule has 2 aromatic carbocycles. The number of nitrogens with zero attached hydrogens (tertiary/aromatic N) is 1. The number of hydrogen-bond donors (Lipinski definition) is 2. The molecule has 1 aliphatic heterocycles. The molecule has 0 aliphatic carbocycles. The van der Waals surface area contributed by atoms with Crippen molar-refractivity contribution in [2.24, 2.45) is 0 Å². The van der Waals surface area contributed by atoms with Gasteiger partial charge in [0, 0.05) is 25.2 Å². The van der Waals surface area contributed by atoms with Crippen LogP contribution in [0.3, 0.4) is 0 Å². The molecule has 12 heteroatoms. The van der Waals surface area contributed by atoms with Gasteiger partial charge in [-0.15, -0.1) is 0 Å². The van der Waals surface area contributed by atoms with Gasteiger partial charge in [-0.25, -0.2) is 21.6 Å². The van der Waals surface area contributed by atoms with Crippen LogP contribution in [-0.4, -0.2) is 67.0 Å². The third-order valence-corrected chi connectivity index (χ3v) is 8.24. The number of rotatable bonds is 8. The average molecular weight is 484 g/mol. The number of morpholine rings is 1. The molecule has 0 saturated carbocycles. The van der Waals surface area contributed by atoms with Crippen molar-refractivity contribution < 1.29 is 31.1 Å². The van der Waals surface area contributed by atoms with Crippen molar-refractivity contribution in [3.63, 3.8) is 0 Å². The number of hydrogen-bond acceptors (Lipinski definition) is 7. The van der Waals surface area contributed by atoms with E-state index in [-0.39, 0.29) is 46.4 Å². The van der Waals surface area contributed by atoms with Crippen LogP contribution in [0.2, 0.25) is 0 Å². The number of amides is 1. The predicted molar refractivity (Wildman–Crippen MR) is 118 cm³/mol. The van der Waals surface area contributed by atoms with Crippen LogP contribution in [0.15, 0.2) is 52.3 Å². The van der Waals surface area contributed by atoms with Crippen LogP contribution in [0.5, 0.6) is 5.75 Å². The summed E-state index contributed by atoms with van der Waals surface area (Å²) >= 11 is 0. The number of ether oxygens (including phenoxy) is 2. The van der Waals surface area contributed by atoms with Crippen LogP contribution in [-0.2, 0) is 24.8 Å². The van der Waals surface area contributed by atoms with Gasteiger partial charge < -0.3 is 14.8 Å². The molecule has 1 fully saturated rings. The number of nitrogens with one attached hydrogen (secondary N) is 2. The average Bonchev–Trinajstić information content (AvgIpc) is 2.79. The van der Waals surface area contributed by atoms with Gasteiger partial charge in [0.2, 0.25) is 20.0 Å². The van der Waals surface area contributed by atoms with E-state index in [1.54, 1.807) is 6.92 Å². The van der Waals surface area contributed by atoms with Crippen molar-refractivity contribution in [1.29, 1.82) is 0 Å². The Morgan fingerprint density at radius 3 is 2.25 bits per heavy atom. The van der Waals surface area contributed by atoms with E-state index in [1.165, 1.54) is 53.9 Å². The zero-order valence-corrected chi connectivity index (χ0v) is 19.3. The van der Waals surface area contributed by atoms with Crippen LogP contribution < -0.4 is 14.8 Å². The second kappa shape index (κ2) is 9.96. The Hall–Kier alpha value is -2.51. The van der Waals surface area contributed by atoms with Gasteiger partial charge in [-0.3, -0.25) is 4.79 Å². The minimum Gasteiger partial charge on any atom is -0.495 e. The van der Waals surface area contributed by atoms with Crippen molar-refractivity contribution in [3.05, 3.63) is 48.0 Å². The lowest BCUT2D eigenvalue weighted by Gasteiger charge is -2.26. The highest BCUT2D eigenvalue weighted by Gasteiger charge is 2.27. The van der Waals surface area contributed by atoms with Crippen LogP contribution in [0.4, 0.5) is 5.69 Å².